The van der Waals surface area contributed by atoms with Crippen molar-refractivity contribution >= 4 is 15.9 Å². The van der Waals surface area contributed by atoms with Gasteiger partial charge in [0, 0.05) is 44.4 Å². The number of rotatable bonds is 6. The minimum atomic E-state index is -3.14. The van der Waals surface area contributed by atoms with Crippen molar-refractivity contribution in [3.05, 3.63) is 47.1 Å². The summed E-state index contributed by atoms with van der Waals surface area (Å²) < 4.78 is 30.2. The van der Waals surface area contributed by atoms with Gasteiger partial charge in [-0.2, -0.15) is 4.98 Å². The normalized spacial score (nSPS) is 19.1. The van der Waals surface area contributed by atoms with Crippen molar-refractivity contribution in [3.63, 3.8) is 0 Å². The average molecular weight is 433 g/mol. The van der Waals surface area contributed by atoms with Crippen LogP contribution < -0.4 is 0 Å². The van der Waals surface area contributed by atoms with Crippen LogP contribution in [0.3, 0.4) is 0 Å². The number of benzene rings is 1. The van der Waals surface area contributed by atoms with E-state index in [1.807, 2.05) is 36.1 Å². The third-order valence-corrected chi connectivity index (χ3v) is 7.32. The van der Waals surface area contributed by atoms with Crippen LogP contribution in [0.5, 0.6) is 0 Å². The maximum atomic E-state index is 12.4. The third-order valence-electron chi connectivity index (χ3n) is 6.02. The first-order valence-electron chi connectivity index (χ1n) is 10.4. The zero-order chi connectivity index (χ0) is 21.3. The van der Waals surface area contributed by atoms with Gasteiger partial charge < -0.3 is 9.42 Å². The van der Waals surface area contributed by atoms with Crippen LogP contribution in [-0.2, 0) is 27.7 Å². The van der Waals surface area contributed by atoms with Gasteiger partial charge in [0.05, 0.1) is 12.7 Å². The van der Waals surface area contributed by atoms with Crippen LogP contribution in [0.15, 0.2) is 28.8 Å². The van der Waals surface area contributed by atoms with E-state index in [2.05, 4.69) is 10.1 Å². The zero-order valence-corrected chi connectivity index (χ0v) is 18.3. The molecule has 1 amide bonds. The van der Waals surface area contributed by atoms with Gasteiger partial charge in [0.2, 0.25) is 21.8 Å². The number of amides is 1. The van der Waals surface area contributed by atoms with Crippen molar-refractivity contribution in [1.82, 2.24) is 19.3 Å². The fraction of sp³-hybridized carbons (Fsp3) is 0.571. The maximum Gasteiger partial charge on any atom is 0.227 e. The first-order chi connectivity index (χ1) is 14.3. The van der Waals surface area contributed by atoms with E-state index in [1.54, 1.807) is 0 Å². The van der Waals surface area contributed by atoms with Crippen LogP contribution in [0, 0.1) is 12.8 Å². The molecular weight excluding hydrogens is 404 g/mol. The van der Waals surface area contributed by atoms with Crippen LogP contribution in [0.1, 0.15) is 41.6 Å². The number of aromatic nitrogens is 2. The van der Waals surface area contributed by atoms with Crippen LogP contribution in [-0.4, -0.2) is 66.1 Å². The quantitative estimate of drug-likeness (QED) is 0.690. The molecule has 1 aromatic heterocycles. The topological polar surface area (TPSA) is 96.6 Å². The number of carbonyl (C=O) groups excluding carboxylic acids is 1. The Morgan fingerprint density at radius 1 is 1.17 bits per heavy atom. The van der Waals surface area contributed by atoms with Crippen LogP contribution in [0.2, 0.25) is 0 Å². The van der Waals surface area contributed by atoms with E-state index in [0.29, 0.717) is 56.4 Å². The molecule has 9 heteroatoms. The number of piperidine rings is 1. The molecule has 0 unspecified atom stereocenters. The highest BCUT2D eigenvalue weighted by molar-refractivity contribution is 7.88. The smallest absolute Gasteiger partial charge is 0.227 e. The highest BCUT2D eigenvalue weighted by atomic mass is 32.2. The largest absolute Gasteiger partial charge is 0.342 e. The summed E-state index contributed by atoms with van der Waals surface area (Å²) in [5.41, 5.74) is 2.23. The number of carbonyl (C=O) groups is 1. The van der Waals surface area contributed by atoms with Crippen LogP contribution in [0.4, 0.5) is 0 Å². The average Bonchev–Trinajstić information content (AvgIpc) is 3.14. The number of nitrogens with zero attached hydrogens (tertiary/aromatic N) is 4. The van der Waals surface area contributed by atoms with E-state index >= 15 is 0 Å². The van der Waals surface area contributed by atoms with Gasteiger partial charge in [-0.1, -0.05) is 35.0 Å². The van der Waals surface area contributed by atoms with E-state index in [1.165, 1.54) is 16.1 Å². The lowest BCUT2D eigenvalue weighted by molar-refractivity contribution is -0.136. The highest BCUT2D eigenvalue weighted by Gasteiger charge is 2.33. The second kappa shape index (κ2) is 8.47. The summed E-state index contributed by atoms with van der Waals surface area (Å²) in [6, 6.07) is 8.06. The first-order valence-corrected chi connectivity index (χ1v) is 12.2. The van der Waals surface area contributed by atoms with Gasteiger partial charge in [-0.3, -0.25) is 4.79 Å². The molecule has 2 fully saturated rings. The van der Waals surface area contributed by atoms with Crippen molar-refractivity contribution < 1.29 is 17.7 Å². The van der Waals surface area contributed by atoms with Gasteiger partial charge in [-0.05, 0) is 25.3 Å². The highest BCUT2D eigenvalue weighted by Crippen LogP contribution is 2.28. The van der Waals surface area contributed by atoms with Crippen LogP contribution in [0.25, 0.3) is 0 Å². The Bertz CT molecular complexity index is 988. The van der Waals surface area contributed by atoms with Crippen molar-refractivity contribution in [2.24, 2.45) is 5.92 Å². The van der Waals surface area contributed by atoms with E-state index < -0.39 is 10.0 Å². The molecule has 0 spiro atoms. The van der Waals surface area contributed by atoms with Crippen molar-refractivity contribution in [1.29, 1.82) is 0 Å². The zero-order valence-electron chi connectivity index (χ0n) is 17.5. The second-order valence-electron chi connectivity index (χ2n) is 8.51. The lowest BCUT2D eigenvalue weighted by atomic mass is 9.95. The second-order valence-corrected chi connectivity index (χ2v) is 10.5. The maximum absolute atomic E-state index is 12.4. The number of sulfonamides is 1. The van der Waals surface area contributed by atoms with Gasteiger partial charge in [0.1, 0.15) is 0 Å². The molecule has 0 atom stereocenters. The van der Waals surface area contributed by atoms with Crippen LogP contribution >= 0.6 is 0 Å². The molecule has 8 nitrogen and oxygen atoms in total. The van der Waals surface area contributed by atoms with Crippen molar-refractivity contribution in [2.45, 2.75) is 38.5 Å². The SMILES string of the molecule is Cc1ccc(CC(=O)N2CC(Cc3nc(C4CCN(S(C)(=O)=O)CC4)no3)C2)cc1. The fourth-order valence-corrected chi connectivity index (χ4v) is 4.98. The molecule has 3 heterocycles. The Morgan fingerprint density at radius 3 is 2.47 bits per heavy atom. The van der Waals surface area contributed by atoms with E-state index in [9.17, 15) is 13.2 Å². The standard InChI is InChI=1S/C21H28N4O4S/c1-15-3-5-16(6-4-15)12-20(26)24-13-17(14-24)11-19-22-21(23-29-19)18-7-9-25(10-8-18)30(2,27)28/h3-6,17-18H,7-14H2,1-2H3. The summed E-state index contributed by atoms with van der Waals surface area (Å²) in [5.74, 6) is 1.90. The lowest BCUT2D eigenvalue weighted by Crippen LogP contribution is -2.51. The minimum Gasteiger partial charge on any atom is -0.342 e. The number of hydrogen-bond acceptors (Lipinski definition) is 6. The summed E-state index contributed by atoms with van der Waals surface area (Å²) in [7, 11) is -3.14. The number of hydrogen-bond donors (Lipinski definition) is 0. The predicted molar refractivity (Wildman–Crippen MR) is 111 cm³/mol. The predicted octanol–water partition coefficient (Wildman–Crippen LogP) is 1.76. The molecule has 4 rings (SSSR count). The van der Waals surface area contributed by atoms with E-state index in [4.69, 9.17) is 4.52 Å². The van der Waals surface area contributed by atoms with Gasteiger partial charge in [-0.15, -0.1) is 0 Å². The molecule has 0 aliphatic carbocycles. The minimum absolute atomic E-state index is 0.134. The van der Waals surface area contributed by atoms with Crippen molar-refractivity contribution in [2.75, 3.05) is 32.4 Å². The molecule has 2 aliphatic rings. The summed E-state index contributed by atoms with van der Waals surface area (Å²) >= 11 is 0. The molecule has 2 aromatic rings. The monoisotopic (exact) mass is 432 g/mol. The molecule has 162 valence electrons. The molecule has 0 radical (unpaired) electrons. The Labute approximate surface area is 177 Å². The van der Waals surface area contributed by atoms with Gasteiger partial charge in [0.25, 0.3) is 0 Å². The molecule has 0 bridgehead atoms. The Balaban J connectivity index is 1.23. The molecule has 0 saturated carbocycles. The first kappa shape index (κ1) is 21.0. The molecule has 2 aliphatic heterocycles. The molecular formula is C21H28N4O4S. The number of likely N-dealkylation sites (tertiary alicyclic amines) is 1. The third kappa shape index (κ3) is 4.89. The fourth-order valence-electron chi connectivity index (χ4n) is 4.10. The lowest BCUT2D eigenvalue weighted by Gasteiger charge is -2.38. The summed E-state index contributed by atoms with van der Waals surface area (Å²) in [6.07, 6.45) is 3.76. The summed E-state index contributed by atoms with van der Waals surface area (Å²) in [4.78, 5) is 18.8. The van der Waals surface area contributed by atoms with Gasteiger partial charge in [0.15, 0.2) is 5.82 Å². The Kier molecular flexibility index (Phi) is 5.92. The Hall–Kier alpha value is -2.26. The number of aryl methyl sites for hydroxylation is 1. The van der Waals surface area contributed by atoms with Gasteiger partial charge >= 0.3 is 0 Å². The summed E-state index contributed by atoms with van der Waals surface area (Å²) in [5, 5.41) is 4.12. The van der Waals surface area contributed by atoms with E-state index in [-0.39, 0.29) is 11.8 Å². The van der Waals surface area contributed by atoms with Crippen molar-refractivity contribution in [3.8, 4) is 0 Å². The van der Waals surface area contributed by atoms with E-state index in [0.717, 1.165) is 18.7 Å². The molecule has 30 heavy (non-hydrogen) atoms. The molecule has 0 N–H and O–H groups in total. The Morgan fingerprint density at radius 2 is 1.83 bits per heavy atom. The van der Waals surface area contributed by atoms with Gasteiger partial charge in [-0.25, -0.2) is 12.7 Å². The molecule has 2 saturated heterocycles. The molecule has 1 aromatic carbocycles. The summed E-state index contributed by atoms with van der Waals surface area (Å²) in [6.45, 7) is 4.46.